The molecule has 1 heterocycles. The molecule has 0 bridgehead atoms. The smallest absolute Gasteiger partial charge is 0.0654 e. The molecular weight excluding hydrogens is 256 g/mol. The van der Waals surface area contributed by atoms with Crippen molar-refractivity contribution in [2.45, 2.75) is 83.3 Å². The van der Waals surface area contributed by atoms with Gasteiger partial charge in [-0.05, 0) is 57.9 Å². The van der Waals surface area contributed by atoms with Gasteiger partial charge in [-0.1, -0.05) is 49.1 Å². The van der Waals surface area contributed by atoms with Gasteiger partial charge in [-0.25, -0.2) is 0 Å². The molecule has 1 nitrogen and oxygen atoms in total. The maximum absolute atomic E-state index is 6.46. The molecule has 1 saturated carbocycles. The van der Waals surface area contributed by atoms with Gasteiger partial charge >= 0.3 is 0 Å². The molecular formula is C20H30O. The highest BCUT2D eigenvalue weighted by molar-refractivity contribution is 5.27. The lowest BCUT2D eigenvalue weighted by Crippen LogP contribution is -2.30. The Labute approximate surface area is 130 Å². The summed E-state index contributed by atoms with van der Waals surface area (Å²) in [5, 5.41) is 0. The van der Waals surface area contributed by atoms with Crippen LogP contribution in [0.15, 0.2) is 24.3 Å². The highest BCUT2D eigenvalue weighted by Crippen LogP contribution is 2.45. The number of benzene rings is 1. The Morgan fingerprint density at radius 2 is 1.86 bits per heavy atom. The SMILES string of the molecule is Cc1cccc([C@@H](C2CCCCC2)[C@@H]2CCC(C)(C)O2)c1. The molecule has 2 atom stereocenters. The third-order valence-electron chi connectivity index (χ3n) is 5.49. The fourth-order valence-corrected chi connectivity index (χ4v) is 4.43. The van der Waals surface area contributed by atoms with Crippen molar-refractivity contribution in [3.8, 4) is 0 Å². The highest BCUT2D eigenvalue weighted by atomic mass is 16.5. The summed E-state index contributed by atoms with van der Waals surface area (Å²) < 4.78 is 6.46. The first-order valence-electron chi connectivity index (χ1n) is 8.79. The van der Waals surface area contributed by atoms with Crippen LogP contribution in [0.4, 0.5) is 0 Å². The van der Waals surface area contributed by atoms with E-state index in [9.17, 15) is 0 Å². The zero-order chi connectivity index (χ0) is 14.9. The van der Waals surface area contributed by atoms with Crippen LogP contribution in [0, 0.1) is 12.8 Å². The van der Waals surface area contributed by atoms with Crippen molar-refractivity contribution < 1.29 is 4.74 Å². The summed E-state index contributed by atoms with van der Waals surface area (Å²) in [5.41, 5.74) is 2.97. The quantitative estimate of drug-likeness (QED) is 0.701. The van der Waals surface area contributed by atoms with E-state index in [4.69, 9.17) is 4.74 Å². The molecule has 3 rings (SSSR count). The Bertz CT molecular complexity index is 470. The monoisotopic (exact) mass is 286 g/mol. The van der Waals surface area contributed by atoms with Crippen LogP contribution < -0.4 is 0 Å². The molecule has 0 spiro atoms. The maximum atomic E-state index is 6.46. The fourth-order valence-electron chi connectivity index (χ4n) is 4.43. The van der Waals surface area contributed by atoms with E-state index in [1.165, 1.54) is 56.1 Å². The van der Waals surface area contributed by atoms with Crippen molar-refractivity contribution in [1.82, 2.24) is 0 Å². The standard InChI is InChI=1S/C20H30O/c1-15-8-7-11-17(14-15)19(16-9-5-4-6-10-16)18-12-13-20(2,3)21-18/h7-8,11,14,16,18-19H,4-6,9-10,12-13H2,1-3H3/t18-,19+/m0/s1. The zero-order valence-electron chi connectivity index (χ0n) is 13.9. The van der Waals surface area contributed by atoms with Gasteiger partial charge in [0.05, 0.1) is 11.7 Å². The Kier molecular flexibility index (Phi) is 4.40. The Morgan fingerprint density at radius 3 is 2.48 bits per heavy atom. The van der Waals surface area contributed by atoms with E-state index >= 15 is 0 Å². The van der Waals surface area contributed by atoms with Gasteiger partial charge < -0.3 is 4.74 Å². The molecule has 0 aromatic heterocycles. The van der Waals surface area contributed by atoms with Gasteiger partial charge in [0.15, 0.2) is 0 Å². The second-order valence-electron chi connectivity index (χ2n) is 7.79. The summed E-state index contributed by atoms with van der Waals surface area (Å²) in [6.45, 7) is 6.71. The molecule has 116 valence electrons. The lowest BCUT2D eigenvalue weighted by Gasteiger charge is -2.35. The van der Waals surface area contributed by atoms with Crippen LogP contribution in [0.2, 0.25) is 0 Å². The lowest BCUT2D eigenvalue weighted by atomic mass is 9.73. The third-order valence-corrected chi connectivity index (χ3v) is 5.49. The Hall–Kier alpha value is -0.820. The van der Waals surface area contributed by atoms with Crippen molar-refractivity contribution in [1.29, 1.82) is 0 Å². The molecule has 1 aromatic rings. The van der Waals surface area contributed by atoms with Crippen molar-refractivity contribution in [3.63, 3.8) is 0 Å². The van der Waals surface area contributed by atoms with Crippen LogP contribution in [-0.2, 0) is 4.74 Å². The second kappa shape index (κ2) is 6.12. The minimum Gasteiger partial charge on any atom is -0.372 e. The van der Waals surface area contributed by atoms with Crippen LogP contribution in [0.25, 0.3) is 0 Å². The van der Waals surface area contributed by atoms with Crippen LogP contribution in [0.1, 0.15) is 75.8 Å². The molecule has 1 aliphatic heterocycles. The van der Waals surface area contributed by atoms with Crippen molar-refractivity contribution in [2.75, 3.05) is 0 Å². The topological polar surface area (TPSA) is 9.23 Å². The maximum Gasteiger partial charge on any atom is 0.0654 e. The normalized spacial score (nSPS) is 27.7. The largest absolute Gasteiger partial charge is 0.372 e. The average Bonchev–Trinajstić information content (AvgIpc) is 2.80. The first-order valence-corrected chi connectivity index (χ1v) is 8.79. The van der Waals surface area contributed by atoms with Crippen molar-refractivity contribution >= 4 is 0 Å². The molecule has 1 saturated heterocycles. The van der Waals surface area contributed by atoms with Gasteiger partial charge in [0, 0.05) is 5.92 Å². The zero-order valence-corrected chi connectivity index (χ0v) is 13.9. The summed E-state index contributed by atoms with van der Waals surface area (Å²) in [7, 11) is 0. The van der Waals surface area contributed by atoms with Gasteiger partial charge in [-0.15, -0.1) is 0 Å². The summed E-state index contributed by atoms with van der Waals surface area (Å²) in [6.07, 6.45) is 9.86. The summed E-state index contributed by atoms with van der Waals surface area (Å²) in [6, 6.07) is 9.16. The van der Waals surface area contributed by atoms with E-state index in [-0.39, 0.29) is 5.60 Å². The molecule has 2 aliphatic rings. The molecule has 1 aliphatic carbocycles. The highest BCUT2D eigenvalue weighted by Gasteiger charge is 2.40. The lowest BCUT2D eigenvalue weighted by molar-refractivity contribution is -0.0376. The van der Waals surface area contributed by atoms with E-state index in [2.05, 4.69) is 45.0 Å². The predicted octanol–water partition coefficient (Wildman–Crippen LogP) is 5.62. The molecule has 0 unspecified atom stereocenters. The van der Waals surface area contributed by atoms with Crippen molar-refractivity contribution in [3.05, 3.63) is 35.4 Å². The number of aryl methyl sites for hydroxylation is 1. The van der Waals surface area contributed by atoms with Gasteiger partial charge in [0.25, 0.3) is 0 Å². The molecule has 21 heavy (non-hydrogen) atoms. The number of rotatable bonds is 3. The number of hydrogen-bond donors (Lipinski definition) is 0. The van der Waals surface area contributed by atoms with Gasteiger partial charge in [-0.2, -0.15) is 0 Å². The van der Waals surface area contributed by atoms with Crippen LogP contribution in [0.5, 0.6) is 0 Å². The van der Waals surface area contributed by atoms with E-state index in [1.807, 2.05) is 0 Å². The van der Waals surface area contributed by atoms with E-state index in [0.29, 0.717) is 12.0 Å². The van der Waals surface area contributed by atoms with Crippen LogP contribution >= 0.6 is 0 Å². The molecule has 1 aromatic carbocycles. The number of ether oxygens (including phenoxy) is 1. The summed E-state index contributed by atoms with van der Waals surface area (Å²) >= 11 is 0. The Morgan fingerprint density at radius 1 is 1.10 bits per heavy atom. The second-order valence-corrected chi connectivity index (χ2v) is 7.79. The van der Waals surface area contributed by atoms with Crippen molar-refractivity contribution in [2.24, 2.45) is 5.92 Å². The molecule has 2 fully saturated rings. The first-order chi connectivity index (χ1) is 10.1. The molecule has 0 radical (unpaired) electrons. The minimum atomic E-state index is 0.0708. The van der Waals surface area contributed by atoms with E-state index < -0.39 is 0 Å². The molecule has 0 amide bonds. The first kappa shape index (κ1) is 15.1. The van der Waals surface area contributed by atoms with E-state index in [1.54, 1.807) is 0 Å². The number of hydrogen-bond acceptors (Lipinski definition) is 1. The van der Waals surface area contributed by atoms with Gasteiger partial charge in [-0.3, -0.25) is 0 Å². The average molecular weight is 286 g/mol. The van der Waals surface area contributed by atoms with Gasteiger partial charge in [0.2, 0.25) is 0 Å². The van der Waals surface area contributed by atoms with E-state index in [0.717, 1.165) is 5.92 Å². The minimum absolute atomic E-state index is 0.0708. The summed E-state index contributed by atoms with van der Waals surface area (Å²) in [4.78, 5) is 0. The predicted molar refractivity (Wildman–Crippen MR) is 88.7 cm³/mol. The molecule has 0 N–H and O–H groups in total. The molecule has 1 heteroatoms. The summed E-state index contributed by atoms with van der Waals surface area (Å²) in [5.74, 6) is 1.42. The fraction of sp³-hybridized carbons (Fsp3) is 0.700. The van der Waals surface area contributed by atoms with Crippen LogP contribution in [-0.4, -0.2) is 11.7 Å². The Balaban J connectivity index is 1.87. The third kappa shape index (κ3) is 3.51. The van der Waals surface area contributed by atoms with Crippen LogP contribution in [0.3, 0.4) is 0 Å². The van der Waals surface area contributed by atoms with Gasteiger partial charge in [0.1, 0.15) is 0 Å².